The van der Waals surface area contributed by atoms with E-state index in [9.17, 15) is 4.39 Å². The van der Waals surface area contributed by atoms with Crippen LogP contribution in [0.15, 0.2) is 42.5 Å². The van der Waals surface area contributed by atoms with Gasteiger partial charge in [-0.1, -0.05) is 47.5 Å². The van der Waals surface area contributed by atoms with Gasteiger partial charge < -0.3 is 0 Å². The molecule has 0 spiro atoms. The summed E-state index contributed by atoms with van der Waals surface area (Å²) in [6, 6.07) is 13.2. The number of benzene rings is 2. The van der Waals surface area contributed by atoms with Gasteiger partial charge in [-0.25, -0.2) is 4.39 Å². The van der Waals surface area contributed by atoms with Crippen LogP contribution in [0, 0.1) is 12.7 Å². The van der Waals surface area contributed by atoms with Crippen molar-refractivity contribution >= 4 is 23.2 Å². The van der Waals surface area contributed by atoms with Crippen molar-refractivity contribution in [2.45, 2.75) is 19.3 Å². The minimum atomic E-state index is -0.378. The Kier molecular flexibility index (Phi) is 4.84. The van der Waals surface area contributed by atoms with Gasteiger partial charge in [0.2, 0.25) is 0 Å². The molecule has 0 heterocycles. The molecule has 0 aliphatic carbocycles. The standard InChI is InChI=1S/C16H15Cl2F/c1-11-2-5-13(6-3-11)14(10-17)8-12-4-7-15(18)16(19)9-12/h2-7,9,14H,8,10H2,1H3. The smallest absolute Gasteiger partial charge is 0.142 e. The molecule has 1 unspecified atom stereocenters. The molecule has 3 heteroatoms. The lowest BCUT2D eigenvalue weighted by molar-refractivity contribution is 0.623. The van der Waals surface area contributed by atoms with E-state index >= 15 is 0 Å². The third kappa shape index (κ3) is 3.71. The first kappa shape index (κ1) is 14.4. The molecule has 0 saturated carbocycles. The molecule has 0 aromatic heterocycles. The topological polar surface area (TPSA) is 0 Å². The molecule has 2 aromatic rings. The van der Waals surface area contributed by atoms with Crippen LogP contribution in [0.4, 0.5) is 4.39 Å². The summed E-state index contributed by atoms with van der Waals surface area (Å²) in [6.07, 6.45) is 0.709. The van der Waals surface area contributed by atoms with E-state index in [1.165, 1.54) is 17.2 Å². The van der Waals surface area contributed by atoms with Gasteiger partial charge >= 0.3 is 0 Å². The van der Waals surface area contributed by atoms with Crippen molar-refractivity contribution in [1.29, 1.82) is 0 Å². The Morgan fingerprint density at radius 1 is 1.11 bits per heavy atom. The SMILES string of the molecule is Cc1ccc(C(CCl)Cc2ccc(Cl)c(F)c2)cc1. The Bertz CT molecular complexity index is 549. The van der Waals surface area contributed by atoms with Crippen LogP contribution in [0.25, 0.3) is 0 Å². The summed E-state index contributed by atoms with van der Waals surface area (Å²) in [5.74, 6) is 0.312. The van der Waals surface area contributed by atoms with Crippen molar-refractivity contribution in [1.82, 2.24) is 0 Å². The van der Waals surface area contributed by atoms with Crippen LogP contribution in [0.1, 0.15) is 22.6 Å². The van der Waals surface area contributed by atoms with Crippen LogP contribution >= 0.6 is 23.2 Å². The van der Waals surface area contributed by atoms with E-state index in [1.807, 2.05) is 13.0 Å². The predicted octanol–water partition coefficient (Wildman–Crippen LogP) is 5.35. The number of halogens is 3. The third-order valence-corrected chi connectivity index (χ3v) is 3.88. The number of aryl methyl sites for hydroxylation is 1. The maximum absolute atomic E-state index is 13.4. The zero-order valence-corrected chi connectivity index (χ0v) is 12.2. The zero-order chi connectivity index (χ0) is 13.8. The predicted molar refractivity (Wildman–Crippen MR) is 79.8 cm³/mol. The van der Waals surface area contributed by atoms with Crippen molar-refractivity contribution < 1.29 is 4.39 Å². The molecule has 1 atom stereocenters. The molecule has 0 amide bonds. The van der Waals surface area contributed by atoms with E-state index in [-0.39, 0.29) is 16.8 Å². The van der Waals surface area contributed by atoms with E-state index in [2.05, 4.69) is 24.3 Å². The van der Waals surface area contributed by atoms with Crippen LogP contribution in [-0.2, 0) is 6.42 Å². The van der Waals surface area contributed by atoms with Crippen LogP contribution < -0.4 is 0 Å². The first-order chi connectivity index (χ1) is 9.10. The Morgan fingerprint density at radius 2 is 1.79 bits per heavy atom. The van der Waals surface area contributed by atoms with Gasteiger partial charge in [-0.05, 0) is 36.6 Å². The Balaban J connectivity index is 2.18. The Labute approximate surface area is 123 Å². The zero-order valence-electron chi connectivity index (χ0n) is 10.7. The monoisotopic (exact) mass is 296 g/mol. The van der Waals surface area contributed by atoms with Crippen molar-refractivity contribution in [3.05, 3.63) is 70.0 Å². The molecule has 100 valence electrons. The molecule has 0 N–H and O–H groups in total. The number of hydrogen-bond acceptors (Lipinski definition) is 0. The second-order valence-corrected chi connectivity index (χ2v) is 5.43. The molecule has 2 aromatic carbocycles. The van der Waals surface area contributed by atoms with Gasteiger partial charge in [0.15, 0.2) is 0 Å². The van der Waals surface area contributed by atoms with Crippen molar-refractivity contribution in [3.8, 4) is 0 Å². The number of hydrogen-bond donors (Lipinski definition) is 0. The average molecular weight is 297 g/mol. The highest BCUT2D eigenvalue weighted by molar-refractivity contribution is 6.30. The van der Waals surface area contributed by atoms with Gasteiger partial charge in [0.05, 0.1) is 5.02 Å². The Hall–Kier alpha value is -1.05. The van der Waals surface area contributed by atoms with Crippen LogP contribution in [0.5, 0.6) is 0 Å². The molecule has 0 saturated heterocycles. The highest BCUT2D eigenvalue weighted by Gasteiger charge is 2.12. The van der Waals surface area contributed by atoms with Gasteiger partial charge in [-0.3, -0.25) is 0 Å². The fourth-order valence-corrected chi connectivity index (χ4v) is 2.46. The van der Waals surface area contributed by atoms with E-state index in [0.29, 0.717) is 12.3 Å². The van der Waals surface area contributed by atoms with E-state index < -0.39 is 0 Å². The van der Waals surface area contributed by atoms with Crippen molar-refractivity contribution in [3.63, 3.8) is 0 Å². The summed E-state index contributed by atoms with van der Waals surface area (Å²) in [5.41, 5.74) is 3.30. The Morgan fingerprint density at radius 3 is 2.37 bits per heavy atom. The van der Waals surface area contributed by atoms with E-state index in [0.717, 1.165) is 5.56 Å². The summed E-state index contributed by atoms with van der Waals surface area (Å²) in [7, 11) is 0. The fraction of sp³-hybridized carbons (Fsp3) is 0.250. The highest BCUT2D eigenvalue weighted by Crippen LogP contribution is 2.24. The summed E-state index contributed by atoms with van der Waals surface area (Å²) < 4.78 is 13.4. The summed E-state index contributed by atoms with van der Waals surface area (Å²) in [4.78, 5) is 0. The summed E-state index contributed by atoms with van der Waals surface area (Å²) in [6.45, 7) is 2.05. The van der Waals surface area contributed by atoms with Gasteiger partial charge in [0.25, 0.3) is 0 Å². The lowest BCUT2D eigenvalue weighted by Gasteiger charge is -2.15. The molecule has 0 fully saturated rings. The molecular weight excluding hydrogens is 282 g/mol. The quantitative estimate of drug-likeness (QED) is 0.667. The molecule has 0 nitrogen and oxygen atoms in total. The highest BCUT2D eigenvalue weighted by atomic mass is 35.5. The minimum Gasteiger partial charge on any atom is -0.205 e. The van der Waals surface area contributed by atoms with E-state index in [4.69, 9.17) is 23.2 Å². The van der Waals surface area contributed by atoms with Gasteiger partial charge in [0.1, 0.15) is 5.82 Å². The first-order valence-corrected chi connectivity index (χ1v) is 7.08. The molecule has 19 heavy (non-hydrogen) atoms. The second kappa shape index (κ2) is 6.40. The number of alkyl halides is 1. The fourth-order valence-electron chi connectivity index (χ4n) is 2.05. The maximum atomic E-state index is 13.4. The lowest BCUT2D eigenvalue weighted by Crippen LogP contribution is -2.05. The normalized spacial score (nSPS) is 12.4. The van der Waals surface area contributed by atoms with Crippen LogP contribution in [0.2, 0.25) is 5.02 Å². The molecule has 2 rings (SSSR count). The van der Waals surface area contributed by atoms with E-state index in [1.54, 1.807) is 6.07 Å². The summed E-state index contributed by atoms with van der Waals surface area (Å²) in [5, 5.41) is 0.154. The minimum absolute atomic E-state index is 0.154. The lowest BCUT2D eigenvalue weighted by atomic mass is 9.93. The van der Waals surface area contributed by atoms with Gasteiger partial charge in [-0.2, -0.15) is 0 Å². The van der Waals surface area contributed by atoms with Crippen LogP contribution in [0.3, 0.4) is 0 Å². The largest absolute Gasteiger partial charge is 0.205 e. The number of rotatable bonds is 4. The second-order valence-electron chi connectivity index (χ2n) is 4.71. The molecule has 0 aliphatic rings. The van der Waals surface area contributed by atoms with Gasteiger partial charge in [0, 0.05) is 11.8 Å². The van der Waals surface area contributed by atoms with Crippen molar-refractivity contribution in [2.75, 3.05) is 5.88 Å². The average Bonchev–Trinajstić information content (AvgIpc) is 2.41. The molecule has 0 aliphatic heterocycles. The molecular formula is C16H15Cl2F. The van der Waals surface area contributed by atoms with Crippen LogP contribution in [-0.4, -0.2) is 5.88 Å². The summed E-state index contributed by atoms with van der Waals surface area (Å²) >= 11 is 11.7. The maximum Gasteiger partial charge on any atom is 0.142 e. The first-order valence-electron chi connectivity index (χ1n) is 6.16. The molecule has 0 bridgehead atoms. The van der Waals surface area contributed by atoms with Crippen molar-refractivity contribution in [2.24, 2.45) is 0 Å². The molecule has 0 radical (unpaired) electrons. The third-order valence-electron chi connectivity index (χ3n) is 3.20. The van der Waals surface area contributed by atoms with Gasteiger partial charge in [-0.15, -0.1) is 11.6 Å².